The molecule has 6 heteroatoms. The molecule has 0 saturated heterocycles. The van der Waals surface area contributed by atoms with Gasteiger partial charge in [-0.05, 0) is 38.1 Å². The van der Waals surface area contributed by atoms with E-state index < -0.39 is 0 Å². The first-order chi connectivity index (χ1) is 12.6. The van der Waals surface area contributed by atoms with Crippen molar-refractivity contribution in [3.05, 3.63) is 59.7 Å². The van der Waals surface area contributed by atoms with Crippen LogP contribution in [0.5, 0.6) is 5.75 Å². The molecule has 0 fully saturated rings. The molecule has 0 amide bonds. The number of hydrogen-bond donors (Lipinski definition) is 0. The Morgan fingerprint density at radius 2 is 1.77 bits per heavy atom. The zero-order chi connectivity index (χ0) is 18.5. The van der Waals surface area contributed by atoms with Crippen LogP contribution in [0.2, 0.25) is 0 Å². The van der Waals surface area contributed by atoms with Crippen molar-refractivity contribution in [3.63, 3.8) is 0 Å². The second-order valence-corrected chi connectivity index (χ2v) is 6.80. The minimum Gasteiger partial charge on any atom is -0.497 e. The van der Waals surface area contributed by atoms with E-state index in [1.165, 1.54) is 17.3 Å². The van der Waals surface area contributed by atoms with Crippen LogP contribution in [0.25, 0.3) is 11.4 Å². The van der Waals surface area contributed by atoms with Crippen LogP contribution in [-0.2, 0) is 6.54 Å². The molecule has 0 aliphatic heterocycles. The predicted octanol–water partition coefficient (Wildman–Crippen LogP) is 4.26. The fourth-order valence-electron chi connectivity index (χ4n) is 2.59. The lowest BCUT2D eigenvalue weighted by atomic mass is 10.1. The van der Waals surface area contributed by atoms with Gasteiger partial charge >= 0.3 is 0 Å². The Hall–Kier alpha value is -2.60. The van der Waals surface area contributed by atoms with E-state index in [9.17, 15) is 4.79 Å². The number of rotatable bonds is 7. The van der Waals surface area contributed by atoms with Crippen LogP contribution in [0.15, 0.2) is 53.7 Å². The molecule has 3 aromatic rings. The van der Waals surface area contributed by atoms with Crippen molar-refractivity contribution in [2.45, 2.75) is 25.5 Å². The summed E-state index contributed by atoms with van der Waals surface area (Å²) < 4.78 is 7.16. The third-order valence-electron chi connectivity index (χ3n) is 4.09. The van der Waals surface area contributed by atoms with E-state index in [0.717, 1.165) is 28.8 Å². The van der Waals surface area contributed by atoms with Gasteiger partial charge in [0.15, 0.2) is 16.8 Å². The van der Waals surface area contributed by atoms with E-state index in [-0.39, 0.29) is 5.78 Å². The number of carbonyl (C=O) groups is 1. The summed E-state index contributed by atoms with van der Waals surface area (Å²) in [4.78, 5) is 12.4. The van der Waals surface area contributed by atoms with Crippen molar-refractivity contribution in [1.29, 1.82) is 0 Å². The highest BCUT2D eigenvalue weighted by molar-refractivity contribution is 7.99. The quantitative estimate of drug-likeness (QED) is 0.461. The first-order valence-corrected chi connectivity index (χ1v) is 9.41. The number of ketones is 1. The summed E-state index contributed by atoms with van der Waals surface area (Å²) in [6.45, 7) is 4.85. The molecule has 0 atom stereocenters. The number of hydrogen-bond acceptors (Lipinski definition) is 5. The smallest absolute Gasteiger partial charge is 0.191 e. The minimum absolute atomic E-state index is 0.0557. The summed E-state index contributed by atoms with van der Waals surface area (Å²) in [5, 5.41) is 9.36. The molecule has 5 nitrogen and oxygen atoms in total. The van der Waals surface area contributed by atoms with E-state index in [1.54, 1.807) is 31.4 Å². The van der Waals surface area contributed by atoms with Crippen molar-refractivity contribution < 1.29 is 9.53 Å². The van der Waals surface area contributed by atoms with Gasteiger partial charge in [0.05, 0.1) is 12.9 Å². The maximum atomic E-state index is 12.4. The van der Waals surface area contributed by atoms with Crippen molar-refractivity contribution in [1.82, 2.24) is 14.8 Å². The maximum Gasteiger partial charge on any atom is 0.191 e. The van der Waals surface area contributed by atoms with E-state index >= 15 is 0 Å². The highest BCUT2D eigenvalue weighted by Crippen LogP contribution is 2.25. The Labute approximate surface area is 157 Å². The molecule has 0 spiro atoms. The van der Waals surface area contributed by atoms with Gasteiger partial charge in [0.2, 0.25) is 0 Å². The van der Waals surface area contributed by atoms with Crippen molar-refractivity contribution in [2.75, 3.05) is 12.9 Å². The Morgan fingerprint density at radius 1 is 1.08 bits per heavy atom. The molecule has 3 rings (SSSR count). The number of thioether (sulfide) groups is 1. The van der Waals surface area contributed by atoms with Crippen molar-refractivity contribution in [2.24, 2.45) is 0 Å². The van der Waals surface area contributed by atoms with Gasteiger partial charge in [-0.1, -0.05) is 41.6 Å². The molecular formula is C20H21N3O2S. The van der Waals surface area contributed by atoms with E-state index in [2.05, 4.69) is 36.2 Å². The molecular weight excluding hydrogens is 346 g/mol. The Balaban J connectivity index is 1.73. The minimum atomic E-state index is 0.0557. The number of nitrogens with zero attached hydrogens (tertiary/aromatic N) is 3. The Morgan fingerprint density at radius 3 is 2.38 bits per heavy atom. The first-order valence-electron chi connectivity index (χ1n) is 8.42. The molecule has 26 heavy (non-hydrogen) atoms. The summed E-state index contributed by atoms with van der Waals surface area (Å²) in [6, 6.07) is 15.4. The Kier molecular flexibility index (Phi) is 5.73. The molecule has 0 bridgehead atoms. The zero-order valence-corrected chi connectivity index (χ0v) is 15.9. The van der Waals surface area contributed by atoms with Crippen LogP contribution < -0.4 is 4.74 Å². The second-order valence-electron chi connectivity index (χ2n) is 5.86. The Bertz CT molecular complexity index is 886. The normalized spacial score (nSPS) is 10.7. The molecule has 0 radical (unpaired) electrons. The molecule has 0 aliphatic carbocycles. The lowest BCUT2D eigenvalue weighted by molar-refractivity contribution is 0.102. The third kappa shape index (κ3) is 3.96. The van der Waals surface area contributed by atoms with E-state index in [0.29, 0.717) is 11.3 Å². The fourth-order valence-corrected chi connectivity index (χ4v) is 3.48. The molecule has 0 N–H and O–H groups in total. The molecule has 2 aromatic carbocycles. The predicted molar refractivity (Wildman–Crippen MR) is 104 cm³/mol. The topological polar surface area (TPSA) is 57.0 Å². The highest BCUT2D eigenvalue weighted by atomic mass is 32.2. The van der Waals surface area contributed by atoms with Crippen LogP contribution in [0.3, 0.4) is 0 Å². The van der Waals surface area contributed by atoms with Crippen molar-refractivity contribution in [3.8, 4) is 17.1 Å². The third-order valence-corrected chi connectivity index (χ3v) is 5.05. The average molecular weight is 367 g/mol. The fraction of sp³-hybridized carbons (Fsp3) is 0.250. The van der Waals surface area contributed by atoms with E-state index in [1.807, 2.05) is 16.7 Å². The first kappa shape index (κ1) is 18.2. The zero-order valence-electron chi connectivity index (χ0n) is 15.1. The van der Waals surface area contributed by atoms with Crippen LogP contribution in [-0.4, -0.2) is 33.4 Å². The molecule has 0 saturated carbocycles. The lowest BCUT2D eigenvalue weighted by Gasteiger charge is -2.07. The molecule has 134 valence electrons. The molecule has 1 heterocycles. The molecule has 0 aliphatic rings. The SMILES string of the molecule is CCn1c(SCC(=O)c2ccc(OC)cc2)nnc1-c1ccc(C)cc1. The average Bonchev–Trinajstić information content (AvgIpc) is 3.09. The largest absolute Gasteiger partial charge is 0.497 e. The van der Waals surface area contributed by atoms with Crippen LogP contribution in [0.1, 0.15) is 22.8 Å². The summed E-state index contributed by atoms with van der Waals surface area (Å²) in [6.07, 6.45) is 0. The molecule has 1 aromatic heterocycles. The number of carbonyl (C=O) groups excluding carboxylic acids is 1. The summed E-state index contributed by atoms with van der Waals surface area (Å²) in [5.41, 5.74) is 2.90. The summed E-state index contributed by atoms with van der Waals surface area (Å²) in [5.74, 6) is 1.94. The molecule has 0 unspecified atom stereocenters. The van der Waals surface area contributed by atoms with Gasteiger partial charge < -0.3 is 9.30 Å². The van der Waals surface area contributed by atoms with Gasteiger partial charge in [0, 0.05) is 17.7 Å². The number of methoxy groups -OCH3 is 1. The lowest BCUT2D eigenvalue weighted by Crippen LogP contribution is -2.05. The van der Waals surface area contributed by atoms with Crippen LogP contribution in [0.4, 0.5) is 0 Å². The number of aromatic nitrogens is 3. The number of Topliss-reactive ketones (excluding diaryl/α,β-unsaturated/α-hetero) is 1. The van der Waals surface area contributed by atoms with Crippen molar-refractivity contribution >= 4 is 17.5 Å². The summed E-state index contributed by atoms with van der Waals surface area (Å²) in [7, 11) is 1.61. The van der Waals surface area contributed by atoms with Gasteiger partial charge in [-0.25, -0.2) is 0 Å². The monoisotopic (exact) mass is 367 g/mol. The van der Waals surface area contributed by atoms with Gasteiger partial charge in [0.1, 0.15) is 5.75 Å². The van der Waals surface area contributed by atoms with Crippen LogP contribution >= 0.6 is 11.8 Å². The maximum absolute atomic E-state index is 12.4. The number of benzene rings is 2. The van der Waals surface area contributed by atoms with Gasteiger partial charge in [-0.15, -0.1) is 10.2 Å². The van der Waals surface area contributed by atoms with E-state index in [4.69, 9.17) is 4.74 Å². The number of ether oxygens (including phenoxy) is 1. The second kappa shape index (κ2) is 8.19. The standard InChI is InChI=1S/C20H21N3O2S/c1-4-23-19(16-7-5-14(2)6-8-16)21-22-20(23)26-13-18(24)15-9-11-17(25-3)12-10-15/h5-12H,4,13H2,1-3H3. The van der Waals surface area contributed by atoms with Gasteiger partial charge in [-0.3, -0.25) is 4.79 Å². The number of aryl methyl sites for hydroxylation is 1. The van der Waals surface area contributed by atoms with Gasteiger partial charge in [-0.2, -0.15) is 0 Å². The highest BCUT2D eigenvalue weighted by Gasteiger charge is 2.15. The van der Waals surface area contributed by atoms with Gasteiger partial charge in [0.25, 0.3) is 0 Å². The van der Waals surface area contributed by atoms with Crippen LogP contribution in [0, 0.1) is 6.92 Å². The summed E-state index contributed by atoms with van der Waals surface area (Å²) >= 11 is 1.41.